The maximum Gasteiger partial charge on any atom is 0.471 e. The summed E-state index contributed by atoms with van der Waals surface area (Å²) in [6.45, 7) is -1.18. The van der Waals surface area contributed by atoms with Crippen LogP contribution in [-0.2, 0) is 11.4 Å². The summed E-state index contributed by atoms with van der Waals surface area (Å²) >= 11 is 0. The Labute approximate surface area is 181 Å². The third-order valence-electron chi connectivity index (χ3n) is 4.23. The SMILES string of the molecule is COc1cc(OC)c(-c2cc(CO)nc(C(=O)NCCNC(=O)C(F)(F)F)c2)c(OC)c1. The summed E-state index contributed by atoms with van der Waals surface area (Å²) in [5.41, 5.74) is 0.974. The smallest absolute Gasteiger partial charge is 0.471 e. The van der Waals surface area contributed by atoms with Gasteiger partial charge < -0.3 is 30.0 Å². The molecule has 1 aromatic carbocycles. The van der Waals surface area contributed by atoms with Gasteiger partial charge in [-0.2, -0.15) is 13.2 Å². The number of halogens is 3. The van der Waals surface area contributed by atoms with Crippen LogP contribution in [0.25, 0.3) is 11.1 Å². The van der Waals surface area contributed by atoms with E-state index in [4.69, 9.17) is 14.2 Å². The Bertz CT molecular complexity index is 957. The normalized spacial score (nSPS) is 11.0. The number of carbonyl (C=O) groups is 2. The molecular formula is C20H22F3N3O6. The third-order valence-corrected chi connectivity index (χ3v) is 4.23. The number of hydrogen-bond acceptors (Lipinski definition) is 7. The van der Waals surface area contributed by atoms with Gasteiger partial charge in [0.15, 0.2) is 0 Å². The number of carbonyl (C=O) groups excluding carboxylic acids is 2. The Kier molecular flexibility index (Phi) is 8.24. The maximum atomic E-state index is 12.5. The fourth-order valence-corrected chi connectivity index (χ4v) is 2.76. The number of amides is 2. The monoisotopic (exact) mass is 457 g/mol. The molecule has 0 aliphatic carbocycles. The number of rotatable bonds is 9. The standard InChI is InChI=1S/C20H22F3N3O6/c1-30-13-8-15(31-2)17(16(9-13)32-3)11-6-12(10-27)26-14(7-11)18(28)24-4-5-25-19(29)20(21,22)23/h6-9,27H,4-5,10H2,1-3H3,(H,24,28)(H,25,29). The zero-order valence-electron chi connectivity index (χ0n) is 17.5. The number of aliphatic hydroxyl groups is 1. The topological polar surface area (TPSA) is 119 Å². The van der Waals surface area contributed by atoms with E-state index < -0.39 is 31.1 Å². The van der Waals surface area contributed by atoms with Crippen molar-refractivity contribution in [3.05, 3.63) is 35.7 Å². The molecule has 2 aromatic rings. The third kappa shape index (κ3) is 6.00. The first-order valence-corrected chi connectivity index (χ1v) is 9.20. The number of ether oxygens (including phenoxy) is 3. The van der Waals surface area contributed by atoms with Gasteiger partial charge in [-0.15, -0.1) is 0 Å². The Morgan fingerprint density at radius 1 is 0.969 bits per heavy atom. The Hall–Kier alpha value is -3.54. The molecule has 2 amide bonds. The van der Waals surface area contributed by atoms with Crippen molar-refractivity contribution in [2.24, 2.45) is 0 Å². The lowest BCUT2D eigenvalue weighted by Gasteiger charge is -2.16. The highest BCUT2D eigenvalue weighted by atomic mass is 19.4. The molecule has 32 heavy (non-hydrogen) atoms. The van der Waals surface area contributed by atoms with Crippen LogP contribution in [0.5, 0.6) is 17.2 Å². The van der Waals surface area contributed by atoms with E-state index in [2.05, 4.69) is 10.3 Å². The molecule has 0 radical (unpaired) electrons. The van der Waals surface area contributed by atoms with Crippen LogP contribution in [0.15, 0.2) is 24.3 Å². The minimum atomic E-state index is -5.01. The number of nitrogens with zero attached hydrogens (tertiary/aromatic N) is 1. The summed E-state index contributed by atoms with van der Waals surface area (Å²) < 4.78 is 52.6. The number of nitrogens with one attached hydrogen (secondary N) is 2. The first-order valence-electron chi connectivity index (χ1n) is 9.20. The molecule has 0 aliphatic heterocycles. The minimum Gasteiger partial charge on any atom is -0.496 e. The number of pyridine rings is 1. The van der Waals surface area contributed by atoms with E-state index in [1.807, 2.05) is 0 Å². The molecule has 174 valence electrons. The number of aliphatic hydroxyl groups excluding tert-OH is 1. The maximum absolute atomic E-state index is 12.5. The van der Waals surface area contributed by atoms with Crippen LogP contribution in [0.4, 0.5) is 13.2 Å². The molecule has 1 heterocycles. The van der Waals surface area contributed by atoms with E-state index in [1.54, 1.807) is 17.4 Å². The number of methoxy groups -OCH3 is 3. The summed E-state index contributed by atoms with van der Waals surface area (Å²) in [7, 11) is 4.35. The number of benzene rings is 1. The quantitative estimate of drug-likeness (QED) is 0.490. The van der Waals surface area contributed by atoms with Gasteiger partial charge in [0.25, 0.3) is 5.91 Å². The summed E-state index contributed by atoms with van der Waals surface area (Å²) in [4.78, 5) is 27.3. The van der Waals surface area contributed by atoms with E-state index >= 15 is 0 Å². The van der Waals surface area contributed by atoms with E-state index in [-0.39, 0.29) is 17.9 Å². The van der Waals surface area contributed by atoms with Crippen molar-refractivity contribution in [2.75, 3.05) is 34.4 Å². The second-order valence-electron chi connectivity index (χ2n) is 6.31. The lowest BCUT2D eigenvalue weighted by Crippen LogP contribution is -2.41. The fourth-order valence-electron chi connectivity index (χ4n) is 2.76. The van der Waals surface area contributed by atoms with Crippen LogP contribution in [0, 0.1) is 0 Å². The second-order valence-corrected chi connectivity index (χ2v) is 6.31. The van der Waals surface area contributed by atoms with Gasteiger partial charge in [0.1, 0.15) is 22.9 Å². The van der Waals surface area contributed by atoms with Gasteiger partial charge in [-0.25, -0.2) is 4.98 Å². The van der Waals surface area contributed by atoms with Crippen molar-refractivity contribution in [1.82, 2.24) is 15.6 Å². The zero-order chi connectivity index (χ0) is 23.9. The first kappa shape index (κ1) is 24.7. The van der Waals surface area contributed by atoms with Gasteiger partial charge >= 0.3 is 12.1 Å². The second kappa shape index (κ2) is 10.7. The van der Waals surface area contributed by atoms with Gasteiger partial charge in [0, 0.05) is 25.2 Å². The Morgan fingerprint density at radius 3 is 2.06 bits per heavy atom. The highest BCUT2D eigenvalue weighted by molar-refractivity contribution is 5.94. The molecule has 0 atom stereocenters. The van der Waals surface area contributed by atoms with Gasteiger partial charge in [-0.1, -0.05) is 0 Å². The van der Waals surface area contributed by atoms with Crippen molar-refractivity contribution in [1.29, 1.82) is 0 Å². The van der Waals surface area contributed by atoms with Crippen LogP contribution in [-0.4, -0.2) is 62.5 Å². The first-order chi connectivity index (χ1) is 15.1. The van der Waals surface area contributed by atoms with Gasteiger partial charge in [0.2, 0.25) is 0 Å². The van der Waals surface area contributed by atoms with Crippen LogP contribution in [0.3, 0.4) is 0 Å². The van der Waals surface area contributed by atoms with Crippen LogP contribution in [0.1, 0.15) is 16.2 Å². The predicted octanol–water partition coefficient (Wildman–Crippen LogP) is 1.67. The van der Waals surface area contributed by atoms with Crippen LogP contribution < -0.4 is 24.8 Å². The molecule has 2 rings (SSSR count). The van der Waals surface area contributed by atoms with Crippen molar-refractivity contribution < 1.29 is 42.1 Å². The molecule has 1 aromatic heterocycles. The van der Waals surface area contributed by atoms with E-state index in [9.17, 15) is 27.9 Å². The molecule has 0 aliphatic rings. The van der Waals surface area contributed by atoms with E-state index in [1.165, 1.54) is 33.5 Å². The zero-order valence-corrected chi connectivity index (χ0v) is 17.5. The van der Waals surface area contributed by atoms with Crippen LogP contribution >= 0.6 is 0 Å². The van der Waals surface area contributed by atoms with Gasteiger partial charge in [-0.3, -0.25) is 9.59 Å². The molecule has 0 saturated heterocycles. The van der Waals surface area contributed by atoms with Crippen molar-refractivity contribution in [3.63, 3.8) is 0 Å². The molecular weight excluding hydrogens is 435 g/mol. The minimum absolute atomic E-state index is 0.103. The molecule has 12 heteroatoms. The van der Waals surface area contributed by atoms with Crippen LogP contribution in [0.2, 0.25) is 0 Å². The lowest BCUT2D eigenvalue weighted by atomic mass is 10.0. The van der Waals surface area contributed by atoms with Crippen molar-refractivity contribution in [2.45, 2.75) is 12.8 Å². The molecule has 0 fully saturated rings. The van der Waals surface area contributed by atoms with Gasteiger partial charge in [0.05, 0.1) is 39.2 Å². The Morgan fingerprint density at radius 2 is 1.56 bits per heavy atom. The highest BCUT2D eigenvalue weighted by Gasteiger charge is 2.38. The average Bonchev–Trinajstić information content (AvgIpc) is 2.79. The lowest BCUT2D eigenvalue weighted by molar-refractivity contribution is -0.173. The summed E-state index contributed by atoms with van der Waals surface area (Å²) in [5.74, 6) is -1.60. The number of aromatic nitrogens is 1. The predicted molar refractivity (Wildman–Crippen MR) is 107 cm³/mol. The highest BCUT2D eigenvalue weighted by Crippen LogP contribution is 2.42. The Balaban J connectivity index is 2.30. The molecule has 0 unspecified atom stereocenters. The molecule has 9 nitrogen and oxygen atoms in total. The largest absolute Gasteiger partial charge is 0.496 e. The van der Waals surface area contributed by atoms with Crippen molar-refractivity contribution >= 4 is 11.8 Å². The molecule has 0 spiro atoms. The number of alkyl halides is 3. The summed E-state index contributed by atoms with van der Waals surface area (Å²) in [5, 5.41) is 13.6. The fraction of sp³-hybridized carbons (Fsp3) is 0.350. The average molecular weight is 457 g/mol. The number of hydrogen-bond donors (Lipinski definition) is 3. The molecule has 3 N–H and O–H groups in total. The van der Waals surface area contributed by atoms with Gasteiger partial charge in [-0.05, 0) is 17.7 Å². The summed E-state index contributed by atoms with van der Waals surface area (Å²) in [6.07, 6.45) is -5.01. The van der Waals surface area contributed by atoms with E-state index in [0.717, 1.165) is 0 Å². The van der Waals surface area contributed by atoms with E-state index in [0.29, 0.717) is 28.4 Å². The van der Waals surface area contributed by atoms with Crippen molar-refractivity contribution in [3.8, 4) is 28.4 Å². The summed E-state index contributed by atoms with van der Waals surface area (Å²) in [6, 6.07) is 6.17. The molecule has 0 bridgehead atoms. The molecule has 0 saturated carbocycles.